The van der Waals surface area contributed by atoms with Crippen molar-refractivity contribution >= 4 is 17.6 Å². The van der Waals surface area contributed by atoms with Crippen molar-refractivity contribution < 1.29 is 9.53 Å². The monoisotopic (exact) mass is 206 g/mol. The lowest BCUT2D eigenvalue weighted by atomic mass is 10.2. The van der Waals surface area contributed by atoms with E-state index in [1.54, 1.807) is 19.1 Å². The van der Waals surface area contributed by atoms with Gasteiger partial charge < -0.3 is 15.8 Å². The molecule has 0 atom stereocenters. The molecule has 0 bridgehead atoms. The molecule has 5 nitrogen and oxygen atoms in total. The number of anilines is 1. The minimum absolute atomic E-state index is 0.184. The number of benzene rings is 1. The highest BCUT2D eigenvalue weighted by molar-refractivity contribution is 5.93. The molecule has 79 valence electrons. The molecule has 0 spiro atoms. The first kappa shape index (κ1) is 11.0. The molecule has 0 amide bonds. The smallest absolute Gasteiger partial charge is 0.338 e. The van der Waals surface area contributed by atoms with Crippen LogP contribution < -0.4 is 11.1 Å². The predicted octanol–water partition coefficient (Wildman–Crippen LogP) is 0.969. The van der Waals surface area contributed by atoms with Crippen LogP contribution in [0.1, 0.15) is 17.3 Å². The summed E-state index contributed by atoms with van der Waals surface area (Å²) in [6.07, 6.45) is 0. The summed E-state index contributed by atoms with van der Waals surface area (Å²) in [4.78, 5) is 11.3. The third-order valence-electron chi connectivity index (χ3n) is 1.58. The van der Waals surface area contributed by atoms with Crippen LogP contribution in [0.2, 0.25) is 0 Å². The third-order valence-corrected chi connectivity index (χ3v) is 1.58. The molecule has 1 aromatic rings. The van der Waals surface area contributed by atoms with Crippen molar-refractivity contribution in [3.63, 3.8) is 0 Å². The van der Waals surface area contributed by atoms with Gasteiger partial charge in [0.15, 0.2) is 5.96 Å². The number of guanidine groups is 1. The number of hydrogen-bond donors (Lipinski definition) is 3. The summed E-state index contributed by atoms with van der Waals surface area (Å²) in [7, 11) is 0. The van der Waals surface area contributed by atoms with Crippen LogP contribution in [-0.2, 0) is 4.74 Å². The summed E-state index contributed by atoms with van der Waals surface area (Å²) in [5.41, 5.74) is 6.02. The Hall–Kier alpha value is -2.04. The highest BCUT2D eigenvalue weighted by atomic mass is 16.5. The molecule has 0 unspecified atom stereocenters. The Morgan fingerprint density at radius 3 is 3.07 bits per heavy atom. The molecule has 0 aliphatic carbocycles. The van der Waals surface area contributed by atoms with Crippen LogP contribution in [0, 0.1) is 11.5 Å². The molecule has 0 aliphatic heterocycles. The number of carbonyl (C=O) groups excluding carboxylic acids is 1. The molecule has 0 aliphatic rings. The second-order valence-electron chi connectivity index (χ2n) is 2.75. The van der Waals surface area contributed by atoms with Crippen molar-refractivity contribution in [3.8, 4) is 0 Å². The first-order valence-corrected chi connectivity index (χ1v) is 4.43. The summed E-state index contributed by atoms with van der Waals surface area (Å²) in [5, 5.41) is 9.61. The van der Waals surface area contributed by atoms with Crippen molar-refractivity contribution in [1.29, 1.82) is 5.41 Å². The van der Waals surface area contributed by atoms with Crippen molar-refractivity contribution in [2.75, 3.05) is 11.9 Å². The first-order valence-electron chi connectivity index (χ1n) is 4.43. The minimum atomic E-state index is -0.440. The zero-order chi connectivity index (χ0) is 11.3. The van der Waals surface area contributed by atoms with E-state index in [4.69, 9.17) is 15.9 Å². The average molecular weight is 206 g/mol. The first-order chi connectivity index (χ1) is 7.13. The SMILES string of the molecule is CCOC(=O)c1[c]ccc(NC(=N)N)c1. The number of rotatable bonds is 3. The number of nitrogens with one attached hydrogen (secondary N) is 2. The lowest BCUT2D eigenvalue weighted by Crippen LogP contribution is -2.20. The van der Waals surface area contributed by atoms with Crippen LogP contribution in [0.5, 0.6) is 0 Å². The number of carbonyl (C=O) groups is 1. The fourth-order valence-corrected chi connectivity index (χ4v) is 1.03. The summed E-state index contributed by atoms with van der Waals surface area (Å²) < 4.78 is 4.81. The van der Waals surface area contributed by atoms with E-state index >= 15 is 0 Å². The van der Waals surface area contributed by atoms with Crippen molar-refractivity contribution in [2.45, 2.75) is 6.92 Å². The van der Waals surface area contributed by atoms with E-state index in [9.17, 15) is 4.79 Å². The third kappa shape index (κ3) is 3.30. The van der Waals surface area contributed by atoms with Gasteiger partial charge in [-0.05, 0) is 25.1 Å². The minimum Gasteiger partial charge on any atom is -0.462 e. The summed E-state index contributed by atoms with van der Waals surface area (Å²) in [6.45, 7) is 2.05. The second kappa shape index (κ2) is 4.99. The molecule has 15 heavy (non-hydrogen) atoms. The van der Waals surface area contributed by atoms with Crippen molar-refractivity contribution in [2.24, 2.45) is 5.73 Å². The zero-order valence-corrected chi connectivity index (χ0v) is 8.33. The van der Waals surface area contributed by atoms with Gasteiger partial charge in [-0.25, -0.2) is 4.79 Å². The average Bonchev–Trinajstić information content (AvgIpc) is 2.17. The van der Waals surface area contributed by atoms with Crippen LogP contribution >= 0.6 is 0 Å². The van der Waals surface area contributed by atoms with Gasteiger partial charge in [0.2, 0.25) is 0 Å². The topological polar surface area (TPSA) is 88.2 Å². The molecule has 0 saturated carbocycles. The summed E-state index contributed by atoms with van der Waals surface area (Å²) >= 11 is 0. The van der Waals surface area contributed by atoms with Gasteiger partial charge in [0.1, 0.15) is 0 Å². The second-order valence-corrected chi connectivity index (χ2v) is 2.75. The standard InChI is InChI=1S/C10H12N3O2/c1-2-15-9(14)7-4-3-5-8(6-7)13-10(11)12/h3,5-6H,2H2,1H3,(H4,11,12,13). The lowest BCUT2D eigenvalue weighted by molar-refractivity contribution is 0.0526. The number of ether oxygens (including phenoxy) is 1. The molecule has 0 saturated heterocycles. The molecule has 0 fully saturated rings. The molecular formula is C10H12N3O2. The van der Waals surface area contributed by atoms with Crippen molar-refractivity contribution in [3.05, 3.63) is 29.8 Å². The summed E-state index contributed by atoms with van der Waals surface area (Å²) in [5.74, 6) is -0.624. The highest BCUT2D eigenvalue weighted by Crippen LogP contribution is 2.10. The van der Waals surface area contributed by atoms with Gasteiger partial charge in [0, 0.05) is 5.69 Å². The van der Waals surface area contributed by atoms with E-state index in [1.165, 1.54) is 6.07 Å². The molecule has 0 aromatic heterocycles. The Labute approximate surface area is 87.7 Å². The number of nitrogens with two attached hydrogens (primary N) is 1. The highest BCUT2D eigenvalue weighted by Gasteiger charge is 2.06. The van der Waals surface area contributed by atoms with E-state index in [0.29, 0.717) is 17.9 Å². The van der Waals surface area contributed by atoms with Crippen LogP contribution in [-0.4, -0.2) is 18.5 Å². The summed E-state index contributed by atoms with van der Waals surface area (Å²) in [6, 6.07) is 7.49. The molecule has 1 radical (unpaired) electrons. The van der Waals surface area contributed by atoms with E-state index in [2.05, 4.69) is 11.4 Å². The number of hydrogen-bond acceptors (Lipinski definition) is 3. The maximum atomic E-state index is 11.3. The fourth-order valence-electron chi connectivity index (χ4n) is 1.03. The van der Waals surface area contributed by atoms with Gasteiger partial charge >= 0.3 is 5.97 Å². The van der Waals surface area contributed by atoms with Gasteiger partial charge in [-0.2, -0.15) is 0 Å². The van der Waals surface area contributed by atoms with Crippen LogP contribution in [0.15, 0.2) is 18.2 Å². The molecule has 1 rings (SSSR count). The van der Waals surface area contributed by atoms with Gasteiger partial charge in [-0.15, -0.1) is 0 Å². The predicted molar refractivity (Wildman–Crippen MR) is 56.8 cm³/mol. The Balaban J connectivity index is 2.82. The Morgan fingerprint density at radius 1 is 1.73 bits per heavy atom. The maximum Gasteiger partial charge on any atom is 0.338 e. The lowest BCUT2D eigenvalue weighted by Gasteiger charge is -2.05. The van der Waals surface area contributed by atoms with Crippen LogP contribution in [0.4, 0.5) is 5.69 Å². The van der Waals surface area contributed by atoms with E-state index in [0.717, 1.165) is 0 Å². The molecular weight excluding hydrogens is 194 g/mol. The fraction of sp³-hybridized carbons (Fsp3) is 0.200. The Bertz CT molecular complexity index is 377. The Kier molecular flexibility index (Phi) is 3.68. The van der Waals surface area contributed by atoms with Crippen LogP contribution in [0.25, 0.3) is 0 Å². The van der Waals surface area contributed by atoms with Gasteiger partial charge in [-0.3, -0.25) is 5.41 Å². The molecule has 1 aromatic carbocycles. The maximum absolute atomic E-state index is 11.3. The van der Waals surface area contributed by atoms with Gasteiger partial charge in [-0.1, -0.05) is 6.07 Å². The van der Waals surface area contributed by atoms with E-state index < -0.39 is 5.97 Å². The zero-order valence-electron chi connectivity index (χ0n) is 8.33. The van der Waals surface area contributed by atoms with Gasteiger partial charge in [0.05, 0.1) is 12.2 Å². The molecule has 5 heteroatoms. The Morgan fingerprint density at radius 2 is 2.47 bits per heavy atom. The van der Waals surface area contributed by atoms with E-state index in [-0.39, 0.29) is 5.96 Å². The van der Waals surface area contributed by atoms with Crippen LogP contribution in [0.3, 0.4) is 0 Å². The largest absolute Gasteiger partial charge is 0.462 e. The quantitative estimate of drug-likeness (QED) is 0.390. The van der Waals surface area contributed by atoms with Crippen molar-refractivity contribution in [1.82, 2.24) is 0 Å². The number of esters is 1. The normalized spacial score (nSPS) is 9.40. The molecule has 0 heterocycles. The van der Waals surface area contributed by atoms with E-state index in [1.807, 2.05) is 0 Å². The molecule has 4 N–H and O–H groups in total. The van der Waals surface area contributed by atoms with Gasteiger partial charge in [0.25, 0.3) is 0 Å².